The molecule has 0 N–H and O–H groups in total. The van der Waals surface area contributed by atoms with Gasteiger partial charge in [-0.1, -0.05) is 17.8 Å². The lowest BCUT2D eigenvalue weighted by Crippen LogP contribution is -2.33. The number of amides is 2. The average Bonchev–Trinajstić information content (AvgIpc) is 3.38. The number of rotatable bonds is 7. The molecule has 3 rings (SSSR count). The van der Waals surface area contributed by atoms with Crippen molar-refractivity contribution >= 4 is 29.5 Å². The van der Waals surface area contributed by atoms with Gasteiger partial charge in [0.05, 0.1) is 5.03 Å². The second-order valence-electron chi connectivity index (χ2n) is 6.40. The Balaban J connectivity index is 1.57. The third-order valence-electron chi connectivity index (χ3n) is 4.44. The molecule has 2 amide bonds. The highest BCUT2D eigenvalue weighted by Crippen LogP contribution is 2.52. The van der Waals surface area contributed by atoms with Crippen molar-refractivity contribution in [2.45, 2.75) is 55.2 Å². The summed E-state index contributed by atoms with van der Waals surface area (Å²) in [4.78, 5) is 44.3. The summed E-state index contributed by atoms with van der Waals surface area (Å²) in [6.07, 6.45) is 5.07. The molecule has 7 heteroatoms. The fourth-order valence-electron chi connectivity index (χ4n) is 2.83. The first-order valence-electron chi connectivity index (χ1n) is 8.14. The number of pyridine rings is 1. The number of carbonyl (C=O) groups excluding carboxylic acids is 3. The summed E-state index contributed by atoms with van der Waals surface area (Å²) in [5, 5.41) is 1.55. The van der Waals surface area contributed by atoms with Crippen LogP contribution in [-0.2, 0) is 19.2 Å². The first-order valence-corrected chi connectivity index (χ1v) is 8.96. The molecule has 128 valence electrons. The highest BCUT2D eigenvalue weighted by atomic mass is 32.2. The monoisotopic (exact) mass is 348 g/mol. The molecule has 1 atom stereocenters. The van der Waals surface area contributed by atoms with Crippen molar-refractivity contribution in [3.05, 3.63) is 24.4 Å². The molecule has 24 heavy (non-hydrogen) atoms. The number of carbonyl (C=O) groups is 3. The van der Waals surface area contributed by atoms with Crippen molar-refractivity contribution in [2.24, 2.45) is 5.92 Å². The second-order valence-corrected chi connectivity index (χ2v) is 7.96. The van der Waals surface area contributed by atoms with E-state index < -0.39 is 17.8 Å². The summed E-state index contributed by atoms with van der Waals surface area (Å²) in [5.41, 5.74) is 0. The summed E-state index contributed by atoms with van der Waals surface area (Å²) in [5.74, 6) is -0.873. The maximum Gasteiger partial charge on any atom is 0.333 e. The van der Waals surface area contributed by atoms with E-state index in [1.807, 2.05) is 18.2 Å². The zero-order valence-electron chi connectivity index (χ0n) is 13.6. The first kappa shape index (κ1) is 17.0. The van der Waals surface area contributed by atoms with Crippen LogP contribution in [0.3, 0.4) is 0 Å². The Morgan fingerprint density at radius 3 is 2.62 bits per heavy atom. The smallest absolute Gasteiger partial charge is 0.330 e. The van der Waals surface area contributed by atoms with E-state index in [0.29, 0.717) is 17.4 Å². The van der Waals surface area contributed by atoms with Crippen molar-refractivity contribution in [1.29, 1.82) is 0 Å². The number of hydrogen-bond acceptors (Lipinski definition) is 6. The predicted molar refractivity (Wildman–Crippen MR) is 87.6 cm³/mol. The molecule has 1 unspecified atom stereocenters. The summed E-state index contributed by atoms with van der Waals surface area (Å²) in [6, 6.07) is 5.78. The molecule has 1 saturated heterocycles. The van der Waals surface area contributed by atoms with Gasteiger partial charge in [-0.3, -0.25) is 9.59 Å². The standard InChI is InChI=1S/C17H20N2O4S/c1-17(12-5-6-12,24-13-4-2-3-11-18-13)10-9-16(22)23-19-14(20)7-8-15(19)21/h2-4,11-12H,5-10H2,1H3. The highest BCUT2D eigenvalue weighted by Gasteiger charge is 2.43. The third kappa shape index (κ3) is 3.95. The van der Waals surface area contributed by atoms with Gasteiger partial charge in [0.15, 0.2) is 0 Å². The van der Waals surface area contributed by atoms with Gasteiger partial charge in [0.2, 0.25) is 0 Å². The van der Waals surface area contributed by atoms with Gasteiger partial charge < -0.3 is 4.84 Å². The number of imide groups is 1. The molecule has 1 aromatic rings. The lowest BCUT2D eigenvalue weighted by Gasteiger charge is -2.28. The second kappa shape index (κ2) is 6.93. The van der Waals surface area contributed by atoms with Gasteiger partial charge in [0.1, 0.15) is 0 Å². The predicted octanol–water partition coefficient (Wildman–Crippen LogP) is 2.73. The minimum absolute atomic E-state index is 0.105. The summed E-state index contributed by atoms with van der Waals surface area (Å²) in [7, 11) is 0. The van der Waals surface area contributed by atoms with E-state index in [0.717, 1.165) is 17.9 Å². The van der Waals surface area contributed by atoms with Gasteiger partial charge in [-0.15, -0.1) is 5.06 Å². The summed E-state index contributed by atoms with van der Waals surface area (Å²) < 4.78 is -0.105. The van der Waals surface area contributed by atoms with Crippen LogP contribution in [0.4, 0.5) is 0 Å². The van der Waals surface area contributed by atoms with Crippen LogP contribution in [0.5, 0.6) is 0 Å². The van der Waals surface area contributed by atoms with E-state index in [1.165, 1.54) is 0 Å². The Kier molecular flexibility index (Phi) is 4.89. The molecule has 2 fully saturated rings. The van der Waals surface area contributed by atoms with Crippen LogP contribution < -0.4 is 0 Å². The topological polar surface area (TPSA) is 76.6 Å². The van der Waals surface area contributed by atoms with Gasteiger partial charge in [-0.2, -0.15) is 0 Å². The largest absolute Gasteiger partial charge is 0.333 e. The minimum atomic E-state index is -0.535. The van der Waals surface area contributed by atoms with Crippen molar-refractivity contribution in [2.75, 3.05) is 0 Å². The molecule has 1 aliphatic carbocycles. The number of nitrogens with zero attached hydrogens (tertiary/aromatic N) is 2. The van der Waals surface area contributed by atoms with E-state index in [1.54, 1.807) is 18.0 Å². The zero-order valence-corrected chi connectivity index (χ0v) is 14.4. The Bertz CT molecular complexity index is 631. The molecule has 0 radical (unpaired) electrons. The molecule has 2 aliphatic rings. The van der Waals surface area contributed by atoms with Crippen molar-refractivity contribution in [3.8, 4) is 0 Å². The molecular formula is C17H20N2O4S. The molecular weight excluding hydrogens is 328 g/mol. The maximum absolute atomic E-state index is 12.0. The van der Waals surface area contributed by atoms with E-state index in [2.05, 4.69) is 11.9 Å². The highest BCUT2D eigenvalue weighted by molar-refractivity contribution is 8.00. The van der Waals surface area contributed by atoms with E-state index in [-0.39, 0.29) is 24.0 Å². The number of thioether (sulfide) groups is 1. The average molecular weight is 348 g/mol. The maximum atomic E-state index is 12.0. The van der Waals surface area contributed by atoms with Crippen molar-refractivity contribution in [3.63, 3.8) is 0 Å². The van der Waals surface area contributed by atoms with E-state index in [9.17, 15) is 14.4 Å². The summed E-state index contributed by atoms with van der Waals surface area (Å²) >= 11 is 1.68. The Labute approximate surface area is 144 Å². The number of hydrogen-bond donors (Lipinski definition) is 0. The van der Waals surface area contributed by atoms with Crippen LogP contribution in [0, 0.1) is 5.92 Å². The van der Waals surface area contributed by atoms with Crippen LogP contribution in [0.25, 0.3) is 0 Å². The molecule has 1 aliphatic heterocycles. The molecule has 6 nitrogen and oxygen atoms in total. The van der Waals surface area contributed by atoms with Gasteiger partial charge in [0, 0.05) is 30.2 Å². The van der Waals surface area contributed by atoms with Gasteiger partial charge >= 0.3 is 5.97 Å². The Morgan fingerprint density at radius 2 is 2.04 bits per heavy atom. The van der Waals surface area contributed by atoms with Crippen LogP contribution in [0.2, 0.25) is 0 Å². The molecule has 2 heterocycles. The van der Waals surface area contributed by atoms with Crippen LogP contribution in [0.15, 0.2) is 29.4 Å². The SMILES string of the molecule is CC(CCC(=O)ON1C(=O)CCC1=O)(Sc1ccccn1)C1CC1. The molecule has 0 aromatic carbocycles. The summed E-state index contributed by atoms with van der Waals surface area (Å²) in [6.45, 7) is 2.14. The first-order chi connectivity index (χ1) is 11.5. The van der Waals surface area contributed by atoms with Crippen molar-refractivity contribution in [1.82, 2.24) is 10.0 Å². The Hall–Kier alpha value is -1.89. The van der Waals surface area contributed by atoms with E-state index in [4.69, 9.17) is 4.84 Å². The van der Waals surface area contributed by atoms with Gasteiger partial charge in [-0.05, 0) is 44.2 Å². The lowest BCUT2D eigenvalue weighted by molar-refractivity contribution is -0.197. The molecule has 1 saturated carbocycles. The lowest BCUT2D eigenvalue weighted by atomic mass is 9.99. The van der Waals surface area contributed by atoms with Crippen molar-refractivity contribution < 1.29 is 19.2 Å². The van der Waals surface area contributed by atoms with Crippen LogP contribution in [0.1, 0.15) is 45.4 Å². The Morgan fingerprint density at radius 1 is 1.33 bits per heavy atom. The number of hydroxylamine groups is 2. The van der Waals surface area contributed by atoms with E-state index >= 15 is 0 Å². The van der Waals surface area contributed by atoms with Crippen LogP contribution in [-0.4, -0.2) is 32.6 Å². The molecule has 0 bridgehead atoms. The zero-order chi connectivity index (χ0) is 17.2. The fourth-order valence-corrected chi connectivity index (χ4v) is 4.18. The number of aromatic nitrogens is 1. The molecule has 1 aromatic heterocycles. The quantitative estimate of drug-likeness (QED) is 0.557. The van der Waals surface area contributed by atoms with Gasteiger partial charge in [-0.25, -0.2) is 9.78 Å². The normalized spacial score (nSPS) is 20.1. The minimum Gasteiger partial charge on any atom is -0.330 e. The van der Waals surface area contributed by atoms with Crippen LogP contribution >= 0.6 is 11.8 Å². The van der Waals surface area contributed by atoms with Gasteiger partial charge in [0.25, 0.3) is 11.8 Å². The third-order valence-corrected chi connectivity index (χ3v) is 5.90. The molecule has 0 spiro atoms. The fraction of sp³-hybridized carbons (Fsp3) is 0.529.